The highest BCUT2D eigenvalue weighted by atomic mass is 79.9. The van der Waals surface area contributed by atoms with Gasteiger partial charge in [0.25, 0.3) is 0 Å². The molecular weight excluding hydrogens is 284 g/mol. The molecule has 1 aromatic carbocycles. The van der Waals surface area contributed by atoms with E-state index in [0.717, 1.165) is 15.8 Å². The maximum Gasteiger partial charge on any atom is 0.122 e. The van der Waals surface area contributed by atoms with Crippen molar-refractivity contribution in [3.63, 3.8) is 0 Å². The molecule has 0 aliphatic heterocycles. The summed E-state index contributed by atoms with van der Waals surface area (Å²) in [7, 11) is 1.59. The molecule has 0 heterocycles. The van der Waals surface area contributed by atoms with Gasteiger partial charge in [0.05, 0.1) is 18.8 Å². The molecule has 1 aromatic rings. The largest absolute Gasteiger partial charge is 0.496 e. The summed E-state index contributed by atoms with van der Waals surface area (Å²) < 4.78 is 6.16. The van der Waals surface area contributed by atoms with Crippen molar-refractivity contribution < 1.29 is 14.9 Å². The SMILES string of the molecule is CCC(C)(O)C(O)Cc1cc(Br)ccc1OC. The predicted molar refractivity (Wildman–Crippen MR) is 71.3 cm³/mol. The Bertz CT molecular complexity index is 377. The smallest absolute Gasteiger partial charge is 0.122 e. The molecule has 96 valence electrons. The topological polar surface area (TPSA) is 49.7 Å². The van der Waals surface area contributed by atoms with E-state index in [4.69, 9.17) is 4.74 Å². The van der Waals surface area contributed by atoms with Crippen LogP contribution < -0.4 is 4.74 Å². The number of hydrogen-bond acceptors (Lipinski definition) is 3. The molecule has 2 N–H and O–H groups in total. The van der Waals surface area contributed by atoms with Crippen LogP contribution in [0.15, 0.2) is 22.7 Å². The van der Waals surface area contributed by atoms with Gasteiger partial charge in [-0.2, -0.15) is 0 Å². The van der Waals surface area contributed by atoms with Crippen LogP contribution in [0.3, 0.4) is 0 Å². The lowest BCUT2D eigenvalue weighted by Crippen LogP contribution is -2.40. The second-order valence-corrected chi connectivity index (χ2v) is 5.30. The lowest BCUT2D eigenvalue weighted by molar-refractivity contribution is -0.0631. The molecule has 0 fully saturated rings. The van der Waals surface area contributed by atoms with Crippen molar-refractivity contribution in [3.05, 3.63) is 28.2 Å². The summed E-state index contributed by atoms with van der Waals surface area (Å²) in [6, 6.07) is 5.62. The molecule has 0 radical (unpaired) electrons. The van der Waals surface area contributed by atoms with Crippen molar-refractivity contribution in [1.82, 2.24) is 0 Å². The van der Waals surface area contributed by atoms with Crippen LogP contribution in [0.25, 0.3) is 0 Å². The average molecular weight is 303 g/mol. The van der Waals surface area contributed by atoms with Crippen molar-refractivity contribution in [1.29, 1.82) is 0 Å². The number of benzene rings is 1. The van der Waals surface area contributed by atoms with Crippen LogP contribution in [0.1, 0.15) is 25.8 Å². The second-order valence-electron chi connectivity index (χ2n) is 4.39. The van der Waals surface area contributed by atoms with Gasteiger partial charge >= 0.3 is 0 Å². The van der Waals surface area contributed by atoms with E-state index in [1.807, 2.05) is 25.1 Å². The van der Waals surface area contributed by atoms with E-state index in [2.05, 4.69) is 15.9 Å². The van der Waals surface area contributed by atoms with E-state index < -0.39 is 11.7 Å². The lowest BCUT2D eigenvalue weighted by atomic mass is 9.91. The number of hydrogen-bond donors (Lipinski definition) is 2. The normalized spacial score (nSPS) is 16.4. The molecule has 0 saturated carbocycles. The Morgan fingerprint density at radius 3 is 2.65 bits per heavy atom. The lowest BCUT2D eigenvalue weighted by Gasteiger charge is -2.28. The molecule has 0 bridgehead atoms. The van der Waals surface area contributed by atoms with Gasteiger partial charge in [0, 0.05) is 10.9 Å². The Balaban J connectivity index is 2.91. The summed E-state index contributed by atoms with van der Waals surface area (Å²) in [5.41, 5.74) is -0.198. The molecule has 1 rings (SSSR count). The van der Waals surface area contributed by atoms with E-state index in [-0.39, 0.29) is 0 Å². The monoisotopic (exact) mass is 302 g/mol. The summed E-state index contributed by atoms with van der Waals surface area (Å²) in [5.74, 6) is 0.721. The molecule has 17 heavy (non-hydrogen) atoms. The van der Waals surface area contributed by atoms with Crippen molar-refractivity contribution >= 4 is 15.9 Å². The van der Waals surface area contributed by atoms with Crippen LogP contribution in [0.5, 0.6) is 5.75 Å². The molecule has 2 atom stereocenters. The Hall–Kier alpha value is -0.580. The third-order valence-corrected chi connectivity index (χ3v) is 3.58. The predicted octanol–water partition coefficient (Wildman–Crippen LogP) is 2.52. The van der Waals surface area contributed by atoms with Crippen LogP contribution in [0.2, 0.25) is 0 Å². The van der Waals surface area contributed by atoms with Crippen LogP contribution in [0.4, 0.5) is 0 Å². The van der Waals surface area contributed by atoms with E-state index in [0.29, 0.717) is 12.8 Å². The molecule has 0 aliphatic carbocycles. The summed E-state index contributed by atoms with van der Waals surface area (Å²) in [5, 5.41) is 20.0. The minimum atomic E-state index is -1.08. The molecule has 0 aliphatic rings. The maximum atomic E-state index is 10.0. The van der Waals surface area contributed by atoms with Gasteiger partial charge in [-0.15, -0.1) is 0 Å². The number of aliphatic hydroxyl groups is 2. The summed E-state index contributed by atoms with van der Waals surface area (Å²) >= 11 is 3.38. The zero-order valence-corrected chi connectivity index (χ0v) is 12.0. The first kappa shape index (κ1) is 14.5. The zero-order valence-electron chi connectivity index (χ0n) is 10.4. The fourth-order valence-electron chi connectivity index (χ4n) is 1.57. The zero-order chi connectivity index (χ0) is 13.1. The Labute approximate surface area is 111 Å². The highest BCUT2D eigenvalue weighted by Gasteiger charge is 2.29. The van der Waals surface area contributed by atoms with Gasteiger partial charge in [0.1, 0.15) is 5.75 Å². The van der Waals surface area contributed by atoms with Crippen LogP contribution in [0, 0.1) is 0 Å². The summed E-state index contributed by atoms with van der Waals surface area (Å²) in [4.78, 5) is 0. The Morgan fingerprint density at radius 1 is 1.47 bits per heavy atom. The van der Waals surface area contributed by atoms with E-state index >= 15 is 0 Å². The Kier molecular flexibility index (Phi) is 4.98. The molecule has 0 saturated heterocycles. The van der Waals surface area contributed by atoms with E-state index in [1.54, 1.807) is 14.0 Å². The maximum absolute atomic E-state index is 10.0. The number of methoxy groups -OCH3 is 1. The van der Waals surface area contributed by atoms with Crippen LogP contribution in [-0.2, 0) is 6.42 Å². The number of halogens is 1. The molecule has 4 heteroatoms. The van der Waals surface area contributed by atoms with Gasteiger partial charge in [-0.25, -0.2) is 0 Å². The first-order valence-electron chi connectivity index (χ1n) is 5.63. The molecule has 0 spiro atoms. The fourth-order valence-corrected chi connectivity index (χ4v) is 1.98. The van der Waals surface area contributed by atoms with Crippen molar-refractivity contribution in [2.75, 3.05) is 7.11 Å². The minimum Gasteiger partial charge on any atom is -0.496 e. The van der Waals surface area contributed by atoms with Gasteiger partial charge in [-0.1, -0.05) is 22.9 Å². The quantitative estimate of drug-likeness (QED) is 0.879. The third kappa shape index (κ3) is 3.69. The standard InChI is InChI=1S/C13H19BrO3/c1-4-13(2,16)12(15)8-9-7-10(14)5-6-11(9)17-3/h5-7,12,15-16H,4,8H2,1-3H3. The average Bonchev–Trinajstić information content (AvgIpc) is 2.29. The first-order valence-corrected chi connectivity index (χ1v) is 6.43. The first-order chi connectivity index (χ1) is 7.90. The molecule has 0 amide bonds. The van der Waals surface area contributed by atoms with Crippen LogP contribution in [-0.4, -0.2) is 29.0 Å². The van der Waals surface area contributed by atoms with Gasteiger partial charge in [-0.05, 0) is 37.1 Å². The summed E-state index contributed by atoms with van der Waals surface area (Å²) in [6.45, 7) is 3.49. The molecule has 0 aromatic heterocycles. The number of rotatable bonds is 5. The number of aliphatic hydroxyl groups excluding tert-OH is 1. The van der Waals surface area contributed by atoms with E-state index in [9.17, 15) is 10.2 Å². The summed E-state index contributed by atoms with van der Waals surface area (Å²) in [6.07, 6.45) is 0.0594. The molecular formula is C13H19BrO3. The highest BCUT2D eigenvalue weighted by Crippen LogP contribution is 2.27. The third-order valence-electron chi connectivity index (χ3n) is 3.09. The number of ether oxygens (including phenoxy) is 1. The van der Waals surface area contributed by atoms with Crippen molar-refractivity contribution in [3.8, 4) is 5.75 Å². The van der Waals surface area contributed by atoms with Crippen molar-refractivity contribution in [2.24, 2.45) is 0 Å². The van der Waals surface area contributed by atoms with Gasteiger partial charge in [0.15, 0.2) is 0 Å². The molecule has 3 nitrogen and oxygen atoms in total. The van der Waals surface area contributed by atoms with Crippen molar-refractivity contribution in [2.45, 2.75) is 38.4 Å². The van der Waals surface area contributed by atoms with E-state index in [1.165, 1.54) is 0 Å². The molecule has 2 unspecified atom stereocenters. The van der Waals surface area contributed by atoms with Gasteiger partial charge in [-0.3, -0.25) is 0 Å². The Morgan fingerprint density at radius 2 is 2.12 bits per heavy atom. The minimum absolute atomic E-state index is 0.365. The second kappa shape index (κ2) is 5.85. The fraction of sp³-hybridized carbons (Fsp3) is 0.538. The van der Waals surface area contributed by atoms with Gasteiger partial charge < -0.3 is 14.9 Å². The highest BCUT2D eigenvalue weighted by molar-refractivity contribution is 9.10. The van der Waals surface area contributed by atoms with Crippen LogP contribution >= 0.6 is 15.9 Å². The van der Waals surface area contributed by atoms with Gasteiger partial charge in [0.2, 0.25) is 0 Å².